The summed E-state index contributed by atoms with van der Waals surface area (Å²) in [6.45, 7) is -0.0205. The molecule has 0 N–H and O–H groups in total. The quantitative estimate of drug-likeness (QED) is 0.780. The van der Waals surface area contributed by atoms with Gasteiger partial charge in [0.1, 0.15) is 19.0 Å². The van der Waals surface area contributed by atoms with Gasteiger partial charge in [-0.25, -0.2) is 13.0 Å². The number of ether oxygens (including phenoxy) is 2. The Kier molecular flexibility index (Phi) is 4.93. The van der Waals surface area contributed by atoms with Crippen molar-refractivity contribution in [1.82, 2.24) is 0 Å². The molecule has 4 nitrogen and oxygen atoms in total. The van der Waals surface area contributed by atoms with E-state index in [-0.39, 0.29) is 24.7 Å². The molecule has 0 bridgehead atoms. The second-order valence-electron chi connectivity index (χ2n) is 4.74. The molecule has 0 saturated carbocycles. The molecule has 122 valence electrons. The molecule has 2 aromatic carbocycles. The molecule has 0 aliphatic carbocycles. The third kappa shape index (κ3) is 3.88. The molecule has 1 aliphatic heterocycles. The maximum absolute atomic E-state index is 13.5. The molecule has 1 heterocycles. The van der Waals surface area contributed by atoms with Crippen molar-refractivity contribution < 1.29 is 26.6 Å². The average Bonchev–Trinajstić information content (AvgIpc) is 2.52. The van der Waals surface area contributed by atoms with E-state index in [1.54, 1.807) is 24.3 Å². The monoisotopic (exact) mass is 404 g/mol. The van der Waals surface area contributed by atoms with Gasteiger partial charge < -0.3 is 9.47 Å². The van der Waals surface area contributed by atoms with E-state index >= 15 is 0 Å². The van der Waals surface area contributed by atoms with Crippen LogP contribution in [0.15, 0.2) is 45.8 Å². The van der Waals surface area contributed by atoms with Crippen LogP contribution >= 0.6 is 15.9 Å². The van der Waals surface area contributed by atoms with Gasteiger partial charge in [0.15, 0.2) is 34.5 Å². The van der Waals surface area contributed by atoms with Gasteiger partial charge in [-0.3, -0.25) is 4.18 Å². The Labute approximate surface area is 142 Å². The lowest BCUT2D eigenvalue weighted by Gasteiger charge is -2.26. The van der Waals surface area contributed by atoms with Gasteiger partial charge in [0.05, 0.1) is 4.90 Å². The maximum atomic E-state index is 13.5. The van der Waals surface area contributed by atoms with Crippen LogP contribution in [0.3, 0.4) is 0 Å². The summed E-state index contributed by atoms with van der Waals surface area (Å²) in [5, 5.41) is 0. The van der Waals surface area contributed by atoms with Crippen molar-refractivity contribution in [3.05, 3.63) is 52.5 Å². The standard InChI is InChI=1S/C15H11BrF2O4S/c16-9-1-3-12(4-2-9)23(19)21-8-11-7-20-15-13(18)5-10(17)6-14(15)22-11/h1-6,11H,7-8H2/t11-,23?/m1/s1. The van der Waals surface area contributed by atoms with Crippen molar-refractivity contribution in [2.75, 3.05) is 13.2 Å². The van der Waals surface area contributed by atoms with Gasteiger partial charge in [-0.05, 0) is 24.3 Å². The van der Waals surface area contributed by atoms with E-state index in [0.717, 1.165) is 16.6 Å². The van der Waals surface area contributed by atoms with Crippen molar-refractivity contribution in [2.45, 2.75) is 11.0 Å². The fourth-order valence-electron chi connectivity index (χ4n) is 1.99. The number of hydrogen-bond acceptors (Lipinski definition) is 4. The molecule has 1 aliphatic rings. The van der Waals surface area contributed by atoms with Gasteiger partial charge in [0.25, 0.3) is 0 Å². The molecule has 0 radical (unpaired) electrons. The summed E-state index contributed by atoms with van der Waals surface area (Å²) in [6.07, 6.45) is -0.608. The summed E-state index contributed by atoms with van der Waals surface area (Å²) in [7, 11) is 0. The molecular formula is C15H11BrF2O4S. The molecule has 2 atom stereocenters. The van der Waals surface area contributed by atoms with Crippen molar-refractivity contribution in [3.63, 3.8) is 0 Å². The van der Waals surface area contributed by atoms with E-state index < -0.39 is 28.8 Å². The number of fused-ring (bicyclic) bond motifs is 1. The molecule has 0 spiro atoms. The van der Waals surface area contributed by atoms with Crippen molar-refractivity contribution >= 4 is 27.0 Å². The van der Waals surface area contributed by atoms with E-state index in [1.807, 2.05) is 0 Å². The van der Waals surface area contributed by atoms with Crippen LogP contribution < -0.4 is 9.47 Å². The van der Waals surface area contributed by atoms with Crippen LogP contribution in [-0.4, -0.2) is 23.5 Å². The lowest BCUT2D eigenvalue weighted by atomic mass is 10.2. The Hall–Kier alpha value is -1.51. The van der Waals surface area contributed by atoms with Crippen LogP contribution in [0.1, 0.15) is 0 Å². The highest BCUT2D eigenvalue weighted by molar-refractivity contribution is 9.10. The predicted molar refractivity (Wildman–Crippen MR) is 82.8 cm³/mol. The second-order valence-corrected chi connectivity index (χ2v) is 6.83. The Balaban J connectivity index is 1.61. The molecule has 2 aromatic rings. The van der Waals surface area contributed by atoms with E-state index in [2.05, 4.69) is 15.9 Å². The van der Waals surface area contributed by atoms with Crippen molar-refractivity contribution in [2.24, 2.45) is 0 Å². The molecule has 23 heavy (non-hydrogen) atoms. The van der Waals surface area contributed by atoms with Gasteiger partial charge in [0.2, 0.25) is 0 Å². The molecule has 8 heteroatoms. The highest BCUT2D eigenvalue weighted by Gasteiger charge is 2.25. The third-order valence-corrected chi connectivity index (χ3v) is 4.58. The van der Waals surface area contributed by atoms with Crippen LogP contribution in [-0.2, 0) is 15.3 Å². The lowest BCUT2D eigenvalue weighted by Crippen LogP contribution is -2.34. The summed E-state index contributed by atoms with van der Waals surface area (Å²) < 4.78 is 55.5. The smallest absolute Gasteiger partial charge is 0.197 e. The third-order valence-electron chi connectivity index (χ3n) is 3.05. The Bertz CT molecular complexity index is 739. The lowest BCUT2D eigenvalue weighted by molar-refractivity contribution is 0.0540. The maximum Gasteiger partial charge on any atom is 0.197 e. The van der Waals surface area contributed by atoms with Gasteiger partial charge >= 0.3 is 0 Å². The van der Waals surface area contributed by atoms with Crippen LogP contribution in [0.25, 0.3) is 0 Å². The zero-order chi connectivity index (χ0) is 16.4. The number of halogens is 3. The Morgan fingerprint density at radius 2 is 2.00 bits per heavy atom. The fourth-order valence-corrected chi connectivity index (χ4v) is 3.02. The molecular weight excluding hydrogens is 394 g/mol. The Morgan fingerprint density at radius 3 is 2.74 bits per heavy atom. The minimum Gasteiger partial charge on any atom is -0.483 e. The van der Waals surface area contributed by atoms with E-state index in [0.29, 0.717) is 4.90 Å². The normalized spacial score (nSPS) is 17.8. The molecule has 0 amide bonds. The number of hydrogen-bond donors (Lipinski definition) is 0. The highest BCUT2D eigenvalue weighted by atomic mass is 79.9. The first-order chi connectivity index (χ1) is 11.0. The first kappa shape index (κ1) is 16.4. The van der Waals surface area contributed by atoms with E-state index in [4.69, 9.17) is 13.7 Å². The molecule has 0 saturated heterocycles. The molecule has 3 rings (SSSR count). The SMILES string of the molecule is O=S(OC[C@H]1COc2c(F)cc(F)cc2O1)c1ccc(Br)cc1. The topological polar surface area (TPSA) is 44.8 Å². The zero-order valence-electron chi connectivity index (χ0n) is 11.6. The second kappa shape index (κ2) is 6.94. The molecule has 0 fully saturated rings. The summed E-state index contributed by atoms with van der Waals surface area (Å²) in [5.74, 6) is -1.74. The van der Waals surface area contributed by atoms with E-state index in [9.17, 15) is 13.0 Å². The fraction of sp³-hybridized carbons (Fsp3) is 0.200. The van der Waals surface area contributed by atoms with Crippen LogP contribution in [0.5, 0.6) is 11.5 Å². The summed E-state index contributed by atoms with van der Waals surface area (Å²) in [6, 6.07) is 8.59. The largest absolute Gasteiger partial charge is 0.483 e. The van der Waals surface area contributed by atoms with Gasteiger partial charge in [-0.1, -0.05) is 15.9 Å². The molecule has 0 aromatic heterocycles. The van der Waals surface area contributed by atoms with E-state index in [1.165, 1.54) is 0 Å². The number of benzene rings is 2. The minimum absolute atomic E-state index is 0.0209. The van der Waals surface area contributed by atoms with Crippen LogP contribution in [0.2, 0.25) is 0 Å². The van der Waals surface area contributed by atoms with Crippen molar-refractivity contribution in [3.8, 4) is 11.5 Å². The van der Waals surface area contributed by atoms with Gasteiger partial charge in [0, 0.05) is 16.6 Å². The van der Waals surface area contributed by atoms with Crippen LogP contribution in [0, 0.1) is 11.6 Å². The van der Waals surface area contributed by atoms with Crippen molar-refractivity contribution in [1.29, 1.82) is 0 Å². The summed E-state index contributed by atoms with van der Waals surface area (Å²) >= 11 is 1.62. The highest BCUT2D eigenvalue weighted by Crippen LogP contribution is 2.35. The van der Waals surface area contributed by atoms with Gasteiger partial charge in [-0.15, -0.1) is 0 Å². The summed E-state index contributed by atoms with van der Waals surface area (Å²) in [5.41, 5.74) is 0. The summed E-state index contributed by atoms with van der Waals surface area (Å²) in [4.78, 5) is 0.502. The first-order valence-corrected chi connectivity index (χ1v) is 8.49. The Morgan fingerprint density at radius 1 is 1.26 bits per heavy atom. The predicted octanol–water partition coefficient (Wildman–Crippen LogP) is 3.61. The zero-order valence-corrected chi connectivity index (χ0v) is 14.0. The average molecular weight is 405 g/mol. The number of rotatable bonds is 4. The first-order valence-electron chi connectivity index (χ1n) is 6.62. The van der Waals surface area contributed by atoms with Gasteiger partial charge in [-0.2, -0.15) is 0 Å². The minimum atomic E-state index is -1.66. The molecule has 1 unspecified atom stereocenters. The van der Waals surface area contributed by atoms with Crippen LogP contribution in [0.4, 0.5) is 8.78 Å².